The van der Waals surface area contributed by atoms with Crippen molar-refractivity contribution >= 4 is 33.6 Å². The maximum absolute atomic E-state index is 12.5. The van der Waals surface area contributed by atoms with Gasteiger partial charge in [-0.1, -0.05) is 36.4 Å². The fourth-order valence-electron chi connectivity index (χ4n) is 3.25. The van der Waals surface area contributed by atoms with Gasteiger partial charge >= 0.3 is 0 Å². The number of rotatable bonds is 10. The van der Waals surface area contributed by atoms with Crippen molar-refractivity contribution in [3.63, 3.8) is 0 Å². The SMILES string of the molecule is COc1cc(/C=C/C(=O)Nc2ccc(S(=O)(=O)Nc3ncccn3)cc2)ccc1OCc1ccccc1. The molecular weight excluding hydrogens is 492 g/mol. The molecule has 0 fully saturated rings. The van der Waals surface area contributed by atoms with Gasteiger partial charge in [-0.3, -0.25) is 4.79 Å². The third-order valence-corrected chi connectivity index (χ3v) is 6.42. The van der Waals surface area contributed by atoms with Crippen LogP contribution in [0.25, 0.3) is 6.08 Å². The maximum atomic E-state index is 12.5. The Labute approximate surface area is 214 Å². The molecule has 0 spiro atoms. The van der Waals surface area contributed by atoms with Crippen molar-refractivity contribution < 1.29 is 22.7 Å². The van der Waals surface area contributed by atoms with Gasteiger partial charge < -0.3 is 14.8 Å². The number of hydrogen-bond donors (Lipinski definition) is 2. The molecule has 0 saturated carbocycles. The summed E-state index contributed by atoms with van der Waals surface area (Å²) in [5, 5.41) is 2.70. The third-order valence-electron chi connectivity index (χ3n) is 5.08. The summed E-state index contributed by atoms with van der Waals surface area (Å²) in [6, 6.07) is 22.5. The summed E-state index contributed by atoms with van der Waals surface area (Å²) in [6.07, 6.45) is 5.88. The maximum Gasteiger partial charge on any atom is 0.264 e. The van der Waals surface area contributed by atoms with Gasteiger partial charge in [0.05, 0.1) is 12.0 Å². The second-order valence-electron chi connectivity index (χ2n) is 7.71. The van der Waals surface area contributed by atoms with Crippen molar-refractivity contribution in [3.05, 3.63) is 108 Å². The van der Waals surface area contributed by atoms with E-state index in [1.54, 1.807) is 31.4 Å². The topological polar surface area (TPSA) is 120 Å². The summed E-state index contributed by atoms with van der Waals surface area (Å²) in [7, 11) is -2.31. The van der Waals surface area contributed by atoms with Crippen LogP contribution in [0, 0.1) is 0 Å². The summed E-state index contributed by atoms with van der Waals surface area (Å²) in [5.41, 5.74) is 2.22. The third kappa shape index (κ3) is 7.15. The predicted molar refractivity (Wildman–Crippen MR) is 141 cm³/mol. The molecule has 10 heteroatoms. The molecule has 3 aromatic carbocycles. The fraction of sp³-hybridized carbons (Fsp3) is 0.0741. The van der Waals surface area contributed by atoms with Gasteiger partial charge in [0.1, 0.15) is 6.61 Å². The Morgan fingerprint density at radius 3 is 2.35 bits per heavy atom. The van der Waals surface area contributed by atoms with E-state index >= 15 is 0 Å². The molecule has 4 rings (SSSR count). The monoisotopic (exact) mass is 516 g/mol. The molecule has 188 valence electrons. The lowest BCUT2D eigenvalue weighted by atomic mass is 10.2. The number of benzene rings is 3. The summed E-state index contributed by atoms with van der Waals surface area (Å²) >= 11 is 0. The average molecular weight is 517 g/mol. The van der Waals surface area contributed by atoms with Gasteiger partial charge in [0.15, 0.2) is 11.5 Å². The molecule has 0 atom stereocenters. The second-order valence-corrected chi connectivity index (χ2v) is 9.39. The molecule has 0 aliphatic heterocycles. The Bertz CT molecular complexity index is 1480. The van der Waals surface area contributed by atoms with E-state index in [-0.39, 0.29) is 16.8 Å². The number of hydrogen-bond acceptors (Lipinski definition) is 7. The number of ether oxygens (including phenoxy) is 2. The zero-order chi connectivity index (χ0) is 26.1. The van der Waals surface area contributed by atoms with Crippen LogP contribution < -0.4 is 19.5 Å². The molecule has 0 radical (unpaired) electrons. The minimum absolute atomic E-state index is 0.00941. The molecule has 0 bridgehead atoms. The number of nitrogens with zero attached hydrogens (tertiary/aromatic N) is 2. The first-order valence-electron chi connectivity index (χ1n) is 11.2. The van der Waals surface area contributed by atoms with E-state index in [1.807, 2.05) is 36.4 Å². The van der Waals surface area contributed by atoms with Crippen LogP contribution in [0.4, 0.5) is 11.6 Å². The second kappa shape index (κ2) is 11.8. The van der Waals surface area contributed by atoms with E-state index in [4.69, 9.17) is 9.47 Å². The van der Waals surface area contributed by atoms with E-state index in [9.17, 15) is 13.2 Å². The van der Waals surface area contributed by atoms with Gasteiger partial charge in [-0.2, -0.15) is 0 Å². The highest BCUT2D eigenvalue weighted by Gasteiger charge is 2.15. The first kappa shape index (κ1) is 25.4. The van der Waals surface area contributed by atoms with Crippen LogP contribution in [0.15, 0.2) is 102 Å². The highest BCUT2D eigenvalue weighted by Crippen LogP contribution is 2.29. The van der Waals surface area contributed by atoms with Crippen LogP contribution in [0.3, 0.4) is 0 Å². The van der Waals surface area contributed by atoms with Crippen molar-refractivity contribution in [3.8, 4) is 11.5 Å². The van der Waals surface area contributed by atoms with Gasteiger partial charge in [0.25, 0.3) is 10.0 Å². The molecule has 0 saturated heterocycles. The van der Waals surface area contributed by atoms with Gasteiger partial charge in [-0.15, -0.1) is 0 Å². The van der Waals surface area contributed by atoms with E-state index in [0.717, 1.165) is 11.1 Å². The largest absolute Gasteiger partial charge is 0.493 e. The smallest absolute Gasteiger partial charge is 0.264 e. The van der Waals surface area contributed by atoms with Gasteiger partial charge in [-0.05, 0) is 59.7 Å². The molecule has 37 heavy (non-hydrogen) atoms. The summed E-state index contributed by atoms with van der Waals surface area (Å²) in [6.45, 7) is 0.408. The van der Waals surface area contributed by atoms with Crippen LogP contribution in [0.2, 0.25) is 0 Å². The quantitative estimate of drug-likeness (QED) is 0.298. The van der Waals surface area contributed by atoms with Crippen molar-refractivity contribution in [2.24, 2.45) is 0 Å². The molecule has 9 nitrogen and oxygen atoms in total. The van der Waals surface area contributed by atoms with Crippen LogP contribution in [-0.2, 0) is 21.4 Å². The summed E-state index contributed by atoms with van der Waals surface area (Å²) < 4.78 is 38.5. The molecule has 1 amide bonds. The molecule has 1 aromatic heterocycles. The minimum Gasteiger partial charge on any atom is -0.493 e. The van der Waals surface area contributed by atoms with Gasteiger partial charge in [0.2, 0.25) is 11.9 Å². The Morgan fingerprint density at radius 1 is 0.919 bits per heavy atom. The number of aromatic nitrogens is 2. The number of carbonyl (C=O) groups excluding carboxylic acids is 1. The zero-order valence-electron chi connectivity index (χ0n) is 19.9. The highest BCUT2D eigenvalue weighted by molar-refractivity contribution is 7.92. The van der Waals surface area contributed by atoms with Crippen molar-refractivity contribution in [1.82, 2.24) is 9.97 Å². The van der Waals surface area contributed by atoms with E-state index in [1.165, 1.54) is 42.7 Å². The number of nitrogens with one attached hydrogen (secondary N) is 2. The number of anilines is 2. The molecule has 0 aliphatic carbocycles. The highest BCUT2D eigenvalue weighted by atomic mass is 32.2. The van der Waals surface area contributed by atoms with E-state index in [2.05, 4.69) is 20.0 Å². The Morgan fingerprint density at radius 2 is 1.65 bits per heavy atom. The van der Waals surface area contributed by atoms with Crippen LogP contribution in [-0.4, -0.2) is 31.4 Å². The first-order valence-corrected chi connectivity index (χ1v) is 12.6. The van der Waals surface area contributed by atoms with Crippen LogP contribution in [0.5, 0.6) is 11.5 Å². The molecule has 2 N–H and O–H groups in total. The van der Waals surface area contributed by atoms with Crippen LogP contribution >= 0.6 is 0 Å². The van der Waals surface area contributed by atoms with Crippen molar-refractivity contribution in [2.75, 3.05) is 17.1 Å². The number of amides is 1. The number of carbonyl (C=O) groups is 1. The van der Waals surface area contributed by atoms with Gasteiger partial charge in [-0.25, -0.2) is 23.1 Å². The van der Waals surface area contributed by atoms with Gasteiger partial charge in [0, 0.05) is 24.2 Å². The van der Waals surface area contributed by atoms with E-state index in [0.29, 0.717) is 23.8 Å². The lowest BCUT2D eigenvalue weighted by molar-refractivity contribution is -0.111. The normalized spacial score (nSPS) is 11.2. The minimum atomic E-state index is -3.86. The lowest BCUT2D eigenvalue weighted by Gasteiger charge is -2.11. The van der Waals surface area contributed by atoms with Crippen molar-refractivity contribution in [2.45, 2.75) is 11.5 Å². The zero-order valence-corrected chi connectivity index (χ0v) is 20.7. The molecule has 1 heterocycles. The predicted octanol–water partition coefficient (Wildman–Crippen LogP) is 4.52. The molecule has 0 aliphatic rings. The number of methoxy groups -OCH3 is 1. The molecule has 4 aromatic rings. The Kier molecular flexibility index (Phi) is 8.11. The molecular formula is C27H24N4O5S. The Balaban J connectivity index is 1.35. The average Bonchev–Trinajstić information content (AvgIpc) is 2.92. The summed E-state index contributed by atoms with van der Waals surface area (Å²) in [5.74, 6) is 0.730. The number of sulfonamides is 1. The standard InChI is InChI=1S/C27H24N4O5S/c1-35-25-18-20(8-14-24(25)36-19-21-6-3-2-4-7-21)9-15-26(32)30-22-10-12-23(13-11-22)37(33,34)31-27-28-16-5-17-29-27/h2-18H,19H2,1H3,(H,30,32)(H,28,29,31)/b15-9+. The molecule has 0 unspecified atom stereocenters. The van der Waals surface area contributed by atoms with Crippen LogP contribution in [0.1, 0.15) is 11.1 Å². The fourth-order valence-corrected chi connectivity index (χ4v) is 4.20. The van der Waals surface area contributed by atoms with Crippen molar-refractivity contribution in [1.29, 1.82) is 0 Å². The summed E-state index contributed by atoms with van der Waals surface area (Å²) in [4.78, 5) is 20.1. The van der Waals surface area contributed by atoms with E-state index < -0.39 is 10.0 Å². The Hall–Kier alpha value is -4.70. The first-order chi connectivity index (χ1) is 17.9. The lowest BCUT2D eigenvalue weighted by Crippen LogP contribution is -2.15.